The van der Waals surface area contributed by atoms with E-state index in [0.717, 1.165) is 37.6 Å². The Morgan fingerprint density at radius 2 is 0.967 bits per heavy atom. The van der Waals surface area contributed by atoms with Crippen LogP contribution < -0.4 is 9.80 Å². The van der Waals surface area contributed by atoms with Crippen LogP contribution in [0.1, 0.15) is 27.7 Å². The van der Waals surface area contributed by atoms with Crippen LogP contribution in [0.2, 0.25) is 0 Å². The number of rotatable bonds is 6. The highest BCUT2D eigenvalue weighted by atomic mass is 16.4. The Morgan fingerprint density at radius 1 is 0.667 bits per heavy atom. The number of nitrogens with zero attached hydrogens (tertiary/aromatic N) is 2. The molecule has 0 aromatic heterocycles. The number of aliphatic carboxylic acids is 2. The Morgan fingerprint density at radius 3 is 1.17 bits per heavy atom. The summed E-state index contributed by atoms with van der Waals surface area (Å²) in [5.74, 6) is -2.98. The third-order valence-electron chi connectivity index (χ3n) is 4.10. The summed E-state index contributed by atoms with van der Waals surface area (Å²) < 4.78 is 0. The molecule has 0 radical (unpaired) electrons. The summed E-state index contributed by atoms with van der Waals surface area (Å²) in [5, 5.41) is 33.2. The fourth-order valence-electron chi connectivity index (χ4n) is 2.56. The van der Waals surface area contributed by atoms with Crippen molar-refractivity contribution >= 4 is 23.3 Å². The molecule has 2 aromatic carbocycles. The SMILES string of the molecule is CCN(CC)c1cccc(O)c1.CCN(CC)c1cccc(O)c1.O=C(O)C(=O)O. The molecule has 0 aliphatic heterocycles. The van der Waals surface area contributed by atoms with Crippen LogP contribution in [0.5, 0.6) is 11.5 Å². The predicted octanol–water partition coefficient (Wildman–Crippen LogP) is 3.63. The van der Waals surface area contributed by atoms with Gasteiger partial charge in [0, 0.05) is 49.7 Å². The number of anilines is 2. The number of carboxylic acid groups (broad SMARTS) is 2. The molecule has 0 aliphatic carbocycles. The van der Waals surface area contributed by atoms with Gasteiger partial charge in [-0.2, -0.15) is 0 Å². The quantitative estimate of drug-likeness (QED) is 0.523. The predicted molar refractivity (Wildman–Crippen MR) is 119 cm³/mol. The molecule has 0 unspecified atom stereocenters. The van der Waals surface area contributed by atoms with Crippen LogP contribution in [0.15, 0.2) is 48.5 Å². The molecule has 4 N–H and O–H groups in total. The first-order valence-corrected chi connectivity index (χ1v) is 9.74. The highest BCUT2D eigenvalue weighted by Gasteiger charge is 2.04. The lowest BCUT2D eigenvalue weighted by Gasteiger charge is -2.20. The van der Waals surface area contributed by atoms with E-state index in [1.807, 2.05) is 24.3 Å². The summed E-state index contributed by atoms with van der Waals surface area (Å²) in [7, 11) is 0. The van der Waals surface area contributed by atoms with E-state index in [4.69, 9.17) is 19.8 Å². The Labute approximate surface area is 177 Å². The minimum Gasteiger partial charge on any atom is -0.508 e. The largest absolute Gasteiger partial charge is 0.508 e. The van der Waals surface area contributed by atoms with Gasteiger partial charge in [-0.1, -0.05) is 12.1 Å². The highest BCUT2D eigenvalue weighted by Crippen LogP contribution is 2.20. The molecule has 0 heterocycles. The van der Waals surface area contributed by atoms with Crippen LogP contribution in [0, 0.1) is 0 Å². The van der Waals surface area contributed by atoms with E-state index in [-0.39, 0.29) is 0 Å². The molecule has 166 valence electrons. The molecule has 0 fully saturated rings. The number of benzene rings is 2. The normalized spacial score (nSPS) is 9.33. The van der Waals surface area contributed by atoms with Crippen molar-refractivity contribution in [3.05, 3.63) is 48.5 Å². The fourth-order valence-corrected chi connectivity index (χ4v) is 2.56. The van der Waals surface area contributed by atoms with Crippen LogP contribution in [-0.2, 0) is 9.59 Å². The van der Waals surface area contributed by atoms with E-state index in [1.54, 1.807) is 24.3 Å². The first-order chi connectivity index (χ1) is 14.2. The molecule has 2 aromatic rings. The Bertz CT molecular complexity index is 708. The van der Waals surface area contributed by atoms with E-state index >= 15 is 0 Å². The molecular formula is C22H32N2O6. The molecule has 8 nitrogen and oxygen atoms in total. The summed E-state index contributed by atoms with van der Waals surface area (Å²) in [6, 6.07) is 14.7. The molecule has 0 saturated heterocycles. The number of carboxylic acids is 2. The lowest BCUT2D eigenvalue weighted by atomic mass is 10.2. The zero-order chi connectivity index (χ0) is 23.1. The fraction of sp³-hybridized carbons (Fsp3) is 0.364. The molecule has 0 spiro atoms. The van der Waals surface area contributed by atoms with Crippen molar-refractivity contribution in [1.82, 2.24) is 0 Å². The van der Waals surface area contributed by atoms with E-state index in [0.29, 0.717) is 11.5 Å². The second-order valence-corrected chi connectivity index (χ2v) is 5.99. The molecule has 0 amide bonds. The van der Waals surface area contributed by atoms with Gasteiger partial charge < -0.3 is 30.2 Å². The second-order valence-electron chi connectivity index (χ2n) is 5.99. The van der Waals surface area contributed by atoms with Crippen molar-refractivity contribution in [3.8, 4) is 11.5 Å². The van der Waals surface area contributed by atoms with Crippen LogP contribution in [0.3, 0.4) is 0 Å². The summed E-state index contributed by atoms with van der Waals surface area (Å²) in [6.07, 6.45) is 0. The second kappa shape index (κ2) is 14.6. The highest BCUT2D eigenvalue weighted by molar-refractivity contribution is 6.27. The van der Waals surface area contributed by atoms with Gasteiger partial charge in [0.25, 0.3) is 0 Å². The summed E-state index contributed by atoms with van der Waals surface area (Å²) in [4.78, 5) is 22.6. The van der Waals surface area contributed by atoms with Gasteiger partial charge in [-0.05, 0) is 52.0 Å². The molecule has 0 aliphatic rings. The van der Waals surface area contributed by atoms with Crippen molar-refractivity contribution in [1.29, 1.82) is 0 Å². The summed E-state index contributed by atoms with van der Waals surface area (Å²) >= 11 is 0. The molecule has 0 saturated carbocycles. The summed E-state index contributed by atoms with van der Waals surface area (Å²) in [5.41, 5.74) is 2.17. The van der Waals surface area contributed by atoms with E-state index in [1.165, 1.54) is 0 Å². The van der Waals surface area contributed by atoms with Gasteiger partial charge in [-0.15, -0.1) is 0 Å². The number of phenols is 2. The van der Waals surface area contributed by atoms with Gasteiger partial charge in [-0.3, -0.25) is 0 Å². The number of hydrogen-bond donors (Lipinski definition) is 4. The third kappa shape index (κ3) is 10.2. The molecule has 2 rings (SSSR count). The van der Waals surface area contributed by atoms with Gasteiger partial charge in [0.1, 0.15) is 11.5 Å². The minimum atomic E-state index is -1.82. The maximum Gasteiger partial charge on any atom is 0.414 e. The molecule has 0 atom stereocenters. The Balaban J connectivity index is 0.000000447. The first kappa shape index (κ1) is 26.6. The monoisotopic (exact) mass is 420 g/mol. The van der Waals surface area contributed by atoms with E-state index in [9.17, 15) is 10.2 Å². The number of carbonyl (C=O) groups is 2. The zero-order valence-electron chi connectivity index (χ0n) is 17.9. The first-order valence-electron chi connectivity index (χ1n) is 9.74. The van der Waals surface area contributed by atoms with Crippen molar-refractivity contribution in [2.75, 3.05) is 36.0 Å². The van der Waals surface area contributed by atoms with Crippen LogP contribution in [0.4, 0.5) is 11.4 Å². The molecule has 0 bridgehead atoms. The minimum absolute atomic E-state index is 0.333. The van der Waals surface area contributed by atoms with Gasteiger partial charge in [0.2, 0.25) is 0 Å². The maximum absolute atomic E-state index is 9.23. The number of phenolic OH excluding ortho intramolecular Hbond substituents is 2. The average Bonchev–Trinajstić information content (AvgIpc) is 2.71. The Hall–Kier alpha value is -3.42. The lowest BCUT2D eigenvalue weighted by molar-refractivity contribution is -0.159. The third-order valence-corrected chi connectivity index (χ3v) is 4.10. The van der Waals surface area contributed by atoms with E-state index in [2.05, 4.69) is 37.5 Å². The van der Waals surface area contributed by atoms with Gasteiger partial charge >= 0.3 is 11.9 Å². The van der Waals surface area contributed by atoms with Crippen LogP contribution in [0.25, 0.3) is 0 Å². The van der Waals surface area contributed by atoms with Crippen LogP contribution in [-0.4, -0.2) is 58.5 Å². The van der Waals surface area contributed by atoms with Crippen molar-refractivity contribution in [2.24, 2.45) is 0 Å². The van der Waals surface area contributed by atoms with Crippen LogP contribution >= 0.6 is 0 Å². The van der Waals surface area contributed by atoms with Crippen molar-refractivity contribution in [2.45, 2.75) is 27.7 Å². The summed E-state index contributed by atoms with van der Waals surface area (Å²) in [6.45, 7) is 12.3. The van der Waals surface area contributed by atoms with Gasteiger partial charge in [-0.25, -0.2) is 9.59 Å². The molecule has 8 heteroatoms. The maximum atomic E-state index is 9.23. The Kier molecular flexibility index (Phi) is 12.9. The van der Waals surface area contributed by atoms with Crippen molar-refractivity contribution in [3.63, 3.8) is 0 Å². The topological polar surface area (TPSA) is 122 Å². The van der Waals surface area contributed by atoms with Gasteiger partial charge in [0.05, 0.1) is 0 Å². The van der Waals surface area contributed by atoms with E-state index < -0.39 is 11.9 Å². The molecular weight excluding hydrogens is 388 g/mol. The van der Waals surface area contributed by atoms with Gasteiger partial charge in [0.15, 0.2) is 0 Å². The zero-order valence-corrected chi connectivity index (χ0v) is 17.9. The standard InChI is InChI=1S/2C10H15NO.C2H2O4/c2*1-3-11(4-2)9-6-5-7-10(12)8-9;3-1(4)2(5)6/h2*5-8,12H,3-4H2,1-2H3;(H,3,4)(H,5,6). The average molecular weight is 421 g/mol. The van der Waals surface area contributed by atoms with Crippen molar-refractivity contribution < 1.29 is 30.0 Å². The smallest absolute Gasteiger partial charge is 0.414 e. The number of hydrogen-bond acceptors (Lipinski definition) is 6. The molecule has 30 heavy (non-hydrogen) atoms. The number of aromatic hydroxyl groups is 2. The lowest BCUT2D eigenvalue weighted by Crippen LogP contribution is -2.21.